The van der Waals surface area contributed by atoms with Gasteiger partial charge in [0.1, 0.15) is 0 Å². The first-order valence-electron chi connectivity index (χ1n) is 8.02. The minimum Gasteiger partial charge on any atom is -0.352 e. The highest BCUT2D eigenvalue weighted by atomic mass is 16.2. The second-order valence-corrected chi connectivity index (χ2v) is 6.19. The summed E-state index contributed by atoms with van der Waals surface area (Å²) in [5.74, 6) is 1.15. The van der Waals surface area contributed by atoms with E-state index in [9.17, 15) is 4.79 Å². The first kappa shape index (κ1) is 15.5. The fourth-order valence-corrected chi connectivity index (χ4v) is 2.81. The van der Waals surface area contributed by atoms with E-state index in [1.807, 2.05) is 42.2 Å². The van der Waals surface area contributed by atoms with Crippen LogP contribution in [-0.4, -0.2) is 29.0 Å². The third kappa shape index (κ3) is 3.33. The van der Waals surface area contributed by atoms with Gasteiger partial charge in [0.2, 0.25) is 11.9 Å². The van der Waals surface area contributed by atoms with Gasteiger partial charge in [0, 0.05) is 30.2 Å². The average molecular weight is 310 g/mol. The molecule has 0 atom stereocenters. The van der Waals surface area contributed by atoms with Crippen molar-refractivity contribution in [2.24, 2.45) is 0 Å². The monoisotopic (exact) mass is 310 g/mol. The van der Waals surface area contributed by atoms with Gasteiger partial charge < -0.3 is 10.2 Å². The Balaban J connectivity index is 1.65. The normalized spacial score (nSPS) is 13.6. The summed E-state index contributed by atoms with van der Waals surface area (Å²) < 4.78 is 0. The van der Waals surface area contributed by atoms with Crippen LogP contribution in [0.25, 0.3) is 0 Å². The minimum absolute atomic E-state index is 0.154. The third-order valence-electron chi connectivity index (χ3n) is 4.01. The van der Waals surface area contributed by atoms with Crippen molar-refractivity contribution in [3.05, 3.63) is 47.3 Å². The van der Waals surface area contributed by atoms with Gasteiger partial charge in [0.25, 0.3) is 0 Å². The molecular weight excluding hydrogens is 288 g/mol. The van der Waals surface area contributed by atoms with E-state index in [1.165, 1.54) is 0 Å². The molecule has 3 rings (SSSR count). The molecule has 2 heterocycles. The van der Waals surface area contributed by atoms with Crippen LogP contribution in [-0.2, 0) is 11.2 Å². The highest BCUT2D eigenvalue weighted by Crippen LogP contribution is 2.27. The lowest BCUT2D eigenvalue weighted by Crippen LogP contribution is -2.32. The van der Waals surface area contributed by atoms with Gasteiger partial charge in [0.15, 0.2) is 0 Å². The summed E-state index contributed by atoms with van der Waals surface area (Å²) in [4.78, 5) is 22.9. The van der Waals surface area contributed by atoms with Crippen LogP contribution in [0, 0.1) is 6.92 Å². The van der Waals surface area contributed by atoms with Crippen molar-refractivity contribution in [1.29, 1.82) is 0 Å². The number of para-hydroxylation sites is 1. The molecule has 1 amide bonds. The lowest BCUT2D eigenvalue weighted by Gasteiger charge is -2.18. The molecule has 120 valence electrons. The molecule has 5 nitrogen and oxygen atoms in total. The van der Waals surface area contributed by atoms with Crippen LogP contribution in [0.2, 0.25) is 0 Å². The molecule has 1 aliphatic heterocycles. The van der Waals surface area contributed by atoms with Crippen LogP contribution in [0.15, 0.2) is 30.3 Å². The van der Waals surface area contributed by atoms with Crippen molar-refractivity contribution in [1.82, 2.24) is 9.97 Å². The van der Waals surface area contributed by atoms with Crippen molar-refractivity contribution in [2.75, 3.05) is 23.3 Å². The zero-order chi connectivity index (χ0) is 16.4. The highest BCUT2D eigenvalue weighted by molar-refractivity contribution is 6.01. The number of anilines is 2. The van der Waals surface area contributed by atoms with Gasteiger partial charge in [0.05, 0.1) is 6.42 Å². The molecular formula is C18H22N4O. The summed E-state index contributed by atoms with van der Waals surface area (Å²) in [5, 5.41) is 3.24. The van der Waals surface area contributed by atoms with Gasteiger partial charge in [-0.15, -0.1) is 0 Å². The van der Waals surface area contributed by atoms with Gasteiger partial charge in [-0.05, 0) is 30.5 Å². The summed E-state index contributed by atoms with van der Waals surface area (Å²) >= 11 is 0. The Kier molecular flexibility index (Phi) is 4.28. The van der Waals surface area contributed by atoms with E-state index in [1.54, 1.807) is 0 Å². The molecule has 0 spiro atoms. The molecule has 1 aliphatic rings. The van der Waals surface area contributed by atoms with Crippen molar-refractivity contribution < 1.29 is 4.79 Å². The molecule has 0 bridgehead atoms. The SMILES string of the molecule is Cc1cc(C(C)C)nc(NCCN2C(=O)Cc3ccccc32)n1. The Labute approximate surface area is 136 Å². The van der Waals surface area contributed by atoms with Gasteiger partial charge in [-0.25, -0.2) is 9.97 Å². The molecule has 0 fully saturated rings. The maximum absolute atomic E-state index is 12.1. The van der Waals surface area contributed by atoms with Crippen LogP contribution in [0.3, 0.4) is 0 Å². The molecule has 0 aliphatic carbocycles. The highest BCUT2D eigenvalue weighted by Gasteiger charge is 2.26. The number of aryl methyl sites for hydroxylation is 1. The summed E-state index contributed by atoms with van der Waals surface area (Å²) in [6.07, 6.45) is 0.495. The number of hydrogen-bond donors (Lipinski definition) is 1. The molecule has 0 unspecified atom stereocenters. The van der Waals surface area contributed by atoms with Crippen molar-refractivity contribution in [3.8, 4) is 0 Å². The van der Waals surface area contributed by atoms with Crippen LogP contribution in [0.1, 0.15) is 36.7 Å². The van der Waals surface area contributed by atoms with E-state index in [0.29, 0.717) is 31.4 Å². The van der Waals surface area contributed by atoms with Crippen LogP contribution < -0.4 is 10.2 Å². The molecule has 1 aromatic carbocycles. The molecule has 23 heavy (non-hydrogen) atoms. The van der Waals surface area contributed by atoms with Gasteiger partial charge >= 0.3 is 0 Å². The topological polar surface area (TPSA) is 58.1 Å². The molecule has 5 heteroatoms. The first-order valence-corrected chi connectivity index (χ1v) is 8.02. The van der Waals surface area contributed by atoms with Crippen molar-refractivity contribution in [3.63, 3.8) is 0 Å². The zero-order valence-corrected chi connectivity index (χ0v) is 13.8. The standard InChI is InChI=1S/C18H22N4O/c1-12(2)15-10-13(3)20-18(21-15)19-8-9-22-16-7-5-4-6-14(16)11-17(22)23/h4-7,10,12H,8-9,11H2,1-3H3,(H,19,20,21). The predicted molar refractivity (Wildman–Crippen MR) is 91.8 cm³/mol. The van der Waals surface area contributed by atoms with Gasteiger partial charge in [-0.3, -0.25) is 4.79 Å². The quantitative estimate of drug-likeness (QED) is 0.922. The van der Waals surface area contributed by atoms with Crippen molar-refractivity contribution >= 4 is 17.5 Å². The first-order chi connectivity index (χ1) is 11.0. The Morgan fingerprint density at radius 2 is 2.04 bits per heavy atom. The molecule has 0 radical (unpaired) electrons. The number of nitrogens with zero attached hydrogens (tertiary/aromatic N) is 3. The Bertz CT molecular complexity index is 727. The number of nitrogens with one attached hydrogen (secondary N) is 1. The molecule has 1 N–H and O–H groups in total. The Morgan fingerprint density at radius 1 is 1.26 bits per heavy atom. The summed E-state index contributed by atoms with van der Waals surface area (Å²) in [6.45, 7) is 7.45. The number of carbonyl (C=O) groups excluding carboxylic acids is 1. The fraction of sp³-hybridized carbons (Fsp3) is 0.389. The molecule has 0 saturated heterocycles. The number of amides is 1. The Hall–Kier alpha value is -2.43. The smallest absolute Gasteiger partial charge is 0.231 e. The zero-order valence-electron chi connectivity index (χ0n) is 13.8. The summed E-state index contributed by atoms with van der Waals surface area (Å²) in [6, 6.07) is 9.97. The molecule has 0 saturated carbocycles. The maximum atomic E-state index is 12.1. The number of rotatable bonds is 5. The average Bonchev–Trinajstić information content (AvgIpc) is 2.83. The van der Waals surface area contributed by atoms with E-state index in [4.69, 9.17) is 0 Å². The second kappa shape index (κ2) is 6.36. The minimum atomic E-state index is 0.154. The predicted octanol–water partition coefficient (Wildman–Crippen LogP) is 2.91. The van der Waals surface area contributed by atoms with E-state index in [0.717, 1.165) is 22.6 Å². The summed E-state index contributed by atoms with van der Waals surface area (Å²) in [7, 11) is 0. The lowest BCUT2D eigenvalue weighted by molar-refractivity contribution is -0.117. The fourth-order valence-electron chi connectivity index (χ4n) is 2.81. The van der Waals surface area contributed by atoms with Gasteiger partial charge in [-0.1, -0.05) is 32.0 Å². The number of aromatic nitrogens is 2. The van der Waals surface area contributed by atoms with E-state index in [2.05, 4.69) is 29.1 Å². The lowest BCUT2D eigenvalue weighted by atomic mass is 10.1. The maximum Gasteiger partial charge on any atom is 0.231 e. The number of fused-ring (bicyclic) bond motifs is 1. The largest absolute Gasteiger partial charge is 0.352 e. The second-order valence-electron chi connectivity index (χ2n) is 6.19. The third-order valence-corrected chi connectivity index (χ3v) is 4.01. The summed E-state index contributed by atoms with van der Waals surface area (Å²) in [5.41, 5.74) is 4.11. The van der Waals surface area contributed by atoms with Gasteiger partial charge in [-0.2, -0.15) is 0 Å². The van der Waals surface area contributed by atoms with E-state index < -0.39 is 0 Å². The molecule has 2 aromatic rings. The van der Waals surface area contributed by atoms with Crippen molar-refractivity contribution in [2.45, 2.75) is 33.1 Å². The van der Waals surface area contributed by atoms with Crippen LogP contribution in [0.4, 0.5) is 11.6 Å². The van der Waals surface area contributed by atoms with Crippen LogP contribution in [0.5, 0.6) is 0 Å². The van der Waals surface area contributed by atoms with Crippen LogP contribution >= 0.6 is 0 Å². The number of hydrogen-bond acceptors (Lipinski definition) is 4. The molecule has 1 aromatic heterocycles. The Morgan fingerprint density at radius 3 is 2.83 bits per heavy atom. The number of carbonyl (C=O) groups is 1. The van der Waals surface area contributed by atoms with E-state index >= 15 is 0 Å². The number of benzene rings is 1. The van der Waals surface area contributed by atoms with E-state index in [-0.39, 0.29) is 5.91 Å².